The molecule has 0 saturated carbocycles. The molecule has 0 radical (unpaired) electrons. The Morgan fingerprint density at radius 1 is 1.40 bits per heavy atom. The standard InChI is InChI=1S/C12H19BrN2/c1-4-9(3)15(5-2)12-8-10(13)6-7-11(12)14/h6-9H,4-5,14H2,1-3H3. The van der Waals surface area contributed by atoms with Crippen LogP contribution < -0.4 is 10.6 Å². The third-order valence-corrected chi connectivity index (χ3v) is 3.26. The summed E-state index contributed by atoms with van der Waals surface area (Å²) in [4.78, 5) is 2.33. The molecule has 0 aromatic heterocycles. The highest BCUT2D eigenvalue weighted by atomic mass is 79.9. The summed E-state index contributed by atoms with van der Waals surface area (Å²) >= 11 is 3.48. The summed E-state index contributed by atoms with van der Waals surface area (Å²) in [5.41, 5.74) is 7.97. The summed E-state index contributed by atoms with van der Waals surface area (Å²) < 4.78 is 1.08. The van der Waals surface area contributed by atoms with E-state index in [0.29, 0.717) is 6.04 Å². The molecule has 0 fully saturated rings. The van der Waals surface area contributed by atoms with Crippen LogP contribution in [0.25, 0.3) is 0 Å². The van der Waals surface area contributed by atoms with Crippen molar-refractivity contribution in [1.82, 2.24) is 0 Å². The molecule has 0 bridgehead atoms. The molecule has 2 nitrogen and oxygen atoms in total. The summed E-state index contributed by atoms with van der Waals surface area (Å²) in [6, 6.07) is 6.53. The third-order valence-electron chi connectivity index (χ3n) is 2.77. The molecule has 0 aliphatic heterocycles. The Labute approximate surface area is 101 Å². The molecule has 84 valence electrons. The number of nitrogen functional groups attached to an aromatic ring is 1. The summed E-state index contributed by atoms with van der Waals surface area (Å²) in [7, 11) is 0. The zero-order valence-electron chi connectivity index (χ0n) is 9.63. The van der Waals surface area contributed by atoms with E-state index in [2.05, 4.69) is 47.7 Å². The van der Waals surface area contributed by atoms with E-state index in [9.17, 15) is 0 Å². The predicted molar refractivity (Wildman–Crippen MR) is 71.3 cm³/mol. The predicted octanol–water partition coefficient (Wildman–Crippen LogP) is 3.66. The van der Waals surface area contributed by atoms with Crippen LogP contribution in [-0.4, -0.2) is 12.6 Å². The zero-order valence-corrected chi connectivity index (χ0v) is 11.2. The molecule has 2 N–H and O–H groups in total. The minimum atomic E-state index is 0.520. The Kier molecular flexibility index (Phi) is 4.45. The van der Waals surface area contributed by atoms with Gasteiger partial charge >= 0.3 is 0 Å². The fraction of sp³-hybridized carbons (Fsp3) is 0.500. The summed E-state index contributed by atoms with van der Waals surface area (Å²) in [5.74, 6) is 0. The van der Waals surface area contributed by atoms with Gasteiger partial charge in [-0.3, -0.25) is 0 Å². The van der Waals surface area contributed by atoms with Crippen molar-refractivity contribution in [2.45, 2.75) is 33.2 Å². The van der Waals surface area contributed by atoms with Crippen molar-refractivity contribution in [1.29, 1.82) is 0 Å². The quantitative estimate of drug-likeness (QED) is 0.847. The molecule has 1 unspecified atom stereocenters. The van der Waals surface area contributed by atoms with Crippen molar-refractivity contribution in [2.75, 3.05) is 17.2 Å². The molecule has 0 saturated heterocycles. The van der Waals surface area contributed by atoms with Crippen LogP contribution in [0.5, 0.6) is 0 Å². The molecule has 15 heavy (non-hydrogen) atoms. The van der Waals surface area contributed by atoms with Gasteiger partial charge in [0.15, 0.2) is 0 Å². The number of benzene rings is 1. The molecule has 1 rings (SSSR count). The number of anilines is 2. The monoisotopic (exact) mass is 270 g/mol. The highest BCUT2D eigenvalue weighted by molar-refractivity contribution is 9.10. The van der Waals surface area contributed by atoms with Crippen molar-refractivity contribution >= 4 is 27.3 Å². The highest BCUT2D eigenvalue weighted by Gasteiger charge is 2.13. The second-order valence-corrected chi connectivity index (χ2v) is 4.66. The van der Waals surface area contributed by atoms with Crippen molar-refractivity contribution < 1.29 is 0 Å². The van der Waals surface area contributed by atoms with Crippen LogP contribution in [0.3, 0.4) is 0 Å². The van der Waals surface area contributed by atoms with Gasteiger partial charge in [0.05, 0.1) is 11.4 Å². The van der Waals surface area contributed by atoms with Gasteiger partial charge in [-0.2, -0.15) is 0 Å². The first-order valence-electron chi connectivity index (χ1n) is 5.41. The maximum Gasteiger partial charge on any atom is 0.0613 e. The molecular weight excluding hydrogens is 252 g/mol. The Hall–Kier alpha value is -0.700. The van der Waals surface area contributed by atoms with Crippen LogP contribution in [0.15, 0.2) is 22.7 Å². The average Bonchev–Trinajstić information content (AvgIpc) is 2.23. The first-order valence-corrected chi connectivity index (χ1v) is 6.21. The van der Waals surface area contributed by atoms with Gasteiger partial charge in [0.25, 0.3) is 0 Å². The van der Waals surface area contributed by atoms with Crippen LogP contribution in [-0.2, 0) is 0 Å². The largest absolute Gasteiger partial charge is 0.397 e. The van der Waals surface area contributed by atoms with Crippen molar-refractivity contribution in [2.24, 2.45) is 0 Å². The van der Waals surface area contributed by atoms with E-state index in [1.54, 1.807) is 0 Å². The lowest BCUT2D eigenvalue weighted by Gasteiger charge is -2.30. The van der Waals surface area contributed by atoms with Crippen LogP contribution >= 0.6 is 15.9 Å². The lowest BCUT2D eigenvalue weighted by molar-refractivity contribution is 0.630. The van der Waals surface area contributed by atoms with Crippen molar-refractivity contribution in [3.8, 4) is 0 Å². The van der Waals surface area contributed by atoms with Crippen LogP contribution in [0, 0.1) is 0 Å². The van der Waals surface area contributed by atoms with E-state index in [1.165, 1.54) is 0 Å². The molecule has 1 aromatic carbocycles. The number of hydrogen-bond acceptors (Lipinski definition) is 2. The maximum absolute atomic E-state index is 6.00. The molecular formula is C12H19BrN2. The number of hydrogen-bond donors (Lipinski definition) is 1. The smallest absolute Gasteiger partial charge is 0.0613 e. The lowest BCUT2D eigenvalue weighted by Crippen LogP contribution is -2.32. The van der Waals surface area contributed by atoms with Crippen LogP contribution in [0.4, 0.5) is 11.4 Å². The Balaban J connectivity index is 3.05. The van der Waals surface area contributed by atoms with Gasteiger partial charge in [0, 0.05) is 17.1 Å². The van der Waals surface area contributed by atoms with E-state index in [-0.39, 0.29) is 0 Å². The fourth-order valence-electron chi connectivity index (χ4n) is 1.71. The summed E-state index contributed by atoms with van der Waals surface area (Å²) in [6.07, 6.45) is 1.12. The SMILES string of the molecule is CCC(C)N(CC)c1cc(Br)ccc1N. The number of halogens is 1. The first kappa shape index (κ1) is 12.4. The number of nitrogens with zero attached hydrogens (tertiary/aromatic N) is 1. The van der Waals surface area contributed by atoms with Gasteiger partial charge in [0.2, 0.25) is 0 Å². The Morgan fingerprint density at radius 2 is 2.07 bits per heavy atom. The van der Waals surface area contributed by atoms with Crippen molar-refractivity contribution in [3.63, 3.8) is 0 Å². The average molecular weight is 271 g/mol. The second-order valence-electron chi connectivity index (χ2n) is 3.75. The van der Waals surface area contributed by atoms with Gasteiger partial charge in [-0.25, -0.2) is 0 Å². The van der Waals surface area contributed by atoms with E-state index >= 15 is 0 Å². The molecule has 1 atom stereocenters. The zero-order chi connectivity index (χ0) is 11.4. The van der Waals surface area contributed by atoms with Gasteiger partial charge in [-0.1, -0.05) is 22.9 Å². The van der Waals surface area contributed by atoms with Crippen LogP contribution in [0.2, 0.25) is 0 Å². The molecule has 0 spiro atoms. The highest BCUT2D eigenvalue weighted by Crippen LogP contribution is 2.28. The van der Waals surface area contributed by atoms with Gasteiger partial charge in [-0.05, 0) is 38.5 Å². The molecule has 3 heteroatoms. The van der Waals surface area contributed by atoms with Crippen molar-refractivity contribution in [3.05, 3.63) is 22.7 Å². The van der Waals surface area contributed by atoms with E-state index in [4.69, 9.17) is 5.73 Å². The summed E-state index contributed by atoms with van der Waals surface area (Å²) in [5, 5.41) is 0. The number of nitrogens with two attached hydrogens (primary N) is 1. The molecule has 0 aliphatic carbocycles. The normalized spacial score (nSPS) is 12.5. The maximum atomic E-state index is 6.00. The van der Waals surface area contributed by atoms with Gasteiger partial charge in [0.1, 0.15) is 0 Å². The molecule has 0 aliphatic rings. The van der Waals surface area contributed by atoms with E-state index < -0.39 is 0 Å². The van der Waals surface area contributed by atoms with Gasteiger partial charge in [-0.15, -0.1) is 0 Å². The summed E-state index contributed by atoms with van der Waals surface area (Å²) in [6.45, 7) is 7.56. The molecule has 0 heterocycles. The lowest BCUT2D eigenvalue weighted by atomic mass is 10.1. The second kappa shape index (κ2) is 5.40. The Morgan fingerprint density at radius 3 is 2.60 bits per heavy atom. The van der Waals surface area contributed by atoms with Gasteiger partial charge < -0.3 is 10.6 Å². The molecule has 1 aromatic rings. The minimum Gasteiger partial charge on any atom is -0.397 e. The van der Waals surface area contributed by atoms with Crippen LogP contribution in [0.1, 0.15) is 27.2 Å². The van der Waals surface area contributed by atoms with E-state index in [1.807, 2.05) is 12.1 Å². The van der Waals surface area contributed by atoms with E-state index in [0.717, 1.165) is 28.8 Å². The topological polar surface area (TPSA) is 29.3 Å². The Bertz CT molecular complexity index is 325. The first-order chi connectivity index (χ1) is 7.10. The third kappa shape index (κ3) is 2.88. The minimum absolute atomic E-state index is 0.520. The molecule has 0 amide bonds. The number of rotatable bonds is 4. The fourth-order valence-corrected chi connectivity index (χ4v) is 2.05.